The van der Waals surface area contributed by atoms with Crippen LogP contribution in [-0.4, -0.2) is 26.4 Å². The third kappa shape index (κ3) is 4.77. The Balaban J connectivity index is 1.89. The van der Waals surface area contributed by atoms with Crippen LogP contribution in [-0.2, 0) is 9.84 Å². The Labute approximate surface area is 199 Å². The first-order valence-electron chi connectivity index (χ1n) is 10.4. The van der Waals surface area contributed by atoms with Gasteiger partial charge in [-0.15, -0.1) is 11.8 Å². The number of rotatable bonds is 7. The van der Waals surface area contributed by atoms with Crippen LogP contribution in [0.3, 0.4) is 0 Å². The largest absolute Gasteiger partial charge is 0.497 e. The molecule has 3 aromatic carbocycles. The Morgan fingerprint density at radius 3 is 2.33 bits per heavy atom. The summed E-state index contributed by atoms with van der Waals surface area (Å²) in [6, 6.07) is 22.7. The summed E-state index contributed by atoms with van der Waals surface area (Å²) in [5, 5.41) is 2.77. The zero-order valence-corrected chi connectivity index (χ0v) is 20.4. The molecule has 0 unspecified atom stereocenters. The van der Waals surface area contributed by atoms with Crippen LogP contribution < -0.4 is 4.74 Å². The molecule has 0 saturated carbocycles. The molecule has 168 valence electrons. The molecule has 1 heterocycles. The normalized spacial score (nSPS) is 12.5. The zero-order chi connectivity index (χ0) is 23.4. The van der Waals surface area contributed by atoms with Gasteiger partial charge in [0.2, 0.25) is 9.84 Å². The van der Waals surface area contributed by atoms with Crippen molar-refractivity contribution in [2.45, 2.75) is 11.8 Å². The quantitative estimate of drug-likeness (QED) is 0.281. The fourth-order valence-electron chi connectivity index (χ4n) is 3.63. The fourth-order valence-corrected chi connectivity index (χ4v) is 5.30. The lowest BCUT2D eigenvalue weighted by molar-refractivity contribution is 0.415. The number of ether oxygens (including phenoxy) is 1. The maximum Gasteiger partial charge on any atom is 0.206 e. The maximum absolute atomic E-state index is 13.5. The molecule has 0 amide bonds. The van der Waals surface area contributed by atoms with E-state index < -0.39 is 9.84 Å². The molecule has 0 radical (unpaired) electrons. The summed E-state index contributed by atoms with van der Waals surface area (Å²) >= 11 is 1.46. The van der Waals surface area contributed by atoms with Gasteiger partial charge in [-0.05, 0) is 73.2 Å². The number of benzene rings is 3. The SMILES string of the molecule is COc1ccc(-n2cc(/C=C(\C=C\SC)S(=O)(=O)c3ccc(C)cc3)c3ccccc32)cc1. The predicted octanol–water partition coefficient (Wildman–Crippen LogP) is 6.64. The highest BCUT2D eigenvalue weighted by molar-refractivity contribution is 8.01. The van der Waals surface area contributed by atoms with Crippen molar-refractivity contribution in [3.8, 4) is 11.4 Å². The van der Waals surface area contributed by atoms with Crippen molar-refractivity contribution in [2.75, 3.05) is 13.4 Å². The minimum Gasteiger partial charge on any atom is -0.497 e. The number of fused-ring (bicyclic) bond motifs is 1. The number of hydrogen-bond acceptors (Lipinski definition) is 4. The Bertz CT molecular complexity index is 1430. The third-order valence-electron chi connectivity index (χ3n) is 5.40. The second kappa shape index (κ2) is 9.73. The van der Waals surface area contributed by atoms with E-state index in [4.69, 9.17) is 4.74 Å². The number of para-hydroxylation sites is 1. The maximum atomic E-state index is 13.5. The number of thioether (sulfide) groups is 1. The first kappa shape index (κ1) is 23.0. The van der Waals surface area contributed by atoms with Gasteiger partial charge in [-0.3, -0.25) is 0 Å². The molecule has 4 aromatic rings. The van der Waals surface area contributed by atoms with Crippen LogP contribution in [0.1, 0.15) is 11.1 Å². The van der Waals surface area contributed by atoms with Gasteiger partial charge in [0.25, 0.3) is 0 Å². The van der Waals surface area contributed by atoms with E-state index in [1.54, 1.807) is 36.8 Å². The van der Waals surface area contributed by atoms with Crippen LogP contribution in [0, 0.1) is 6.92 Å². The van der Waals surface area contributed by atoms with Gasteiger partial charge in [-0.1, -0.05) is 35.9 Å². The van der Waals surface area contributed by atoms with Crippen LogP contribution in [0.25, 0.3) is 22.7 Å². The predicted molar refractivity (Wildman–Crippen MR) is 139 cm³/mol. The summed E-state index contributed by atoms with van der Waals surface area (Å²) in [6.07, 6.45) is 7.30. The van der Waals surface area contributed by atoms with Gasteiger partial charge in [0.15, 0.2) is 0 Å². The highest BCUT2D eigenvalue weighted by Crippen LogP contribution is 2.30. The van der Waals surface area contributed by atoms with Crippen molar-refractivity contribution in [1.29, 1.82) is 0 Å². The van der Waals surface area contributed by atoms with Crippen molar-refractivity contribution in [1.82, 2.24) is 4.57 Å². The van der Waals surface area contributed by atoms with Gasteiger partial charge in [0, 0.05) is 22.8 Å². The second-order valence-corrected chi connectivity index (χ2v) is 10.3. The molecule has 0 fully saturated rings. The number of hydrogen-bond donors (Lipinski definition) is 0. The van der Waals surface area contributed by atoms with E-state index in [9.17, 15) is 8.42 Å². The van der Waals surface area contributed by atoms with Crippen LogP contribution >= 0.6 is 11.8 Å². The summed E-state index contributed by atoms with van der Waals surface area (Å²) < 4.78 is 34.3. The van der Waals surface area contributed by atoms with E-state index in [1.165, 1.54) is 11.8 Å². The molecule has 6 heteroatoms. The number of methoxy groups -OCH3 is 1. The van der Waals surface area contributed by atoms with Gasteiger partial charge in [-0.25, -0.2) is 8.42 Å². The number of aromatic nitrogens is 1. The van der Waals surface area contributed by atoms with Gasteiger partial charge in [-0.2, -0.15) is 0 Å². The lowest BCUT2D eigenvalue weighted by Gasteiger charge is -2.07. The minimum atomic E-state index is -3.69. The second-order valence-electron chi connectivity index (χ2n) is 7.57. The molecule has 0 saturated heterocycles. The number of nitrogens with zero attached hydrogens (tertiary/aromatic N) is 1. The number of allylic oxidation sites excluding steroid dienone is 1. The van der Waals surface area contributed by atoms with Crippen molar-refractivity contribution < 1.29 is 13.2 Å². The molecule has 0 aliphatic carbocycles. The Hall–Kier alpha value is -3.22. The van der Waals surface area contributed by atoms with Crippen molar-refractivity contribution >= 4 is 38.6 Å². The molecule has 0 bridgehead atoms. The first-order chi connectivity index (χ1) is 15.9. The molecule has 0 N–H and O–H groups in total. The van der Waals surface area contributed by atoms with Gasteiger partial charge in [0.05, 0.1) is 22.4 Å². The lowest BCUT2D eigenvalue weighted by Crippen LogP contribution is -2.03. The van der Waals surface area contributed by atoms with Gasteiger partial charge in [0.1, 0.15) is 5.75 Å². The van der Waals surface area contributed by atoms with E-state index in [0.29, 0.717) is 0 Å². The first-order valence-corrected chi connectivity index (χ1v) is 13.2. The Kier molecular flexibility index (Phi) is 6.77. The average molecular weight is 476 g/mol. The molecule has 0 aliphatic rings. The average Bonchev–Trinajstić information content (AvgIpc) is 3.20. The molecule has 1 aromatic heterocycles. The lowest BCUT2D eigenvalue weighted by atomic mass is 10.1. The number of sulfone groups is 1. The summed E-state index contributed by atoms with van der Waals surface area (Å²) in [7, 11) is -2.05. The highest BCUT2D eigenvalue weighted by atomic mass is 32.2. The Morgan fingerprint density at radius 2 is 1.67 bits per heavy atom. The summed E-state index contributed by atoms with van der Waals surface area (Å²) in [5.74, 6) is 0.781. The summed E-state index contributed by atoms with van der Waals surface area (Å²) in [6.45, 7) is 1.94. The van der Waals surface area contributed by atoms with Crippen LogP contribution in [0.15, 0.2) is 100 Å². The monoisotopic (exact) mass is 475 g/mol. The minimum absolute atomic E-state index is 0.248. The van der Waals surface area contributed by atoms with Crippen LogP contribution in [0.2, 0.25) is 0 Å². The molecule has 0 aliphatic heterocycles. The van der Waals surface area contributed by atoms with Crippen LogP contribution in [0.4, 0.5) is 0 Å². The standard InChI is InChI=1S/C27H25NO3S2/c1-20-8-14-24(15-9-20)33(29,30)25(16-17-32-3)18-21-19-28(27-7-5-4-6-26(21)27)22-10-12-23(31-2)13-11-22/h4-19H,1-3H3/b17-16+,25-18+. The van der Waals surface area contributed by atoms with Gasteiger partial charge >= 0.3 is 0 Å². The molecule has 33 heavy (non-hydrogen) atoms. The van der Waals surface area contributed by atoms with E-state index in [1.807, 2.05) is 80.0 Å². The van der Waals surface area contributed by atoms with Gasteiger partial charge < -0.3 is 9.30 Å². The molecular formula is C27H25NO3S2. The molecular weight excluding hydrogens is 450 g/mol. The summed E-state index contributed by atoms with van der Waals surface area (Å²) in [4.78, 5) is 0.530. The summed E-state index contributed by atoms with van der Waals surface area (Å²) in [5.41, 5.74) is 3.81. The van der Waals surface area contributed by atoms with Crippen molar-refractivity contribution in [3.05, 3.63) is 107 Å². The topological polar surface area (TPSA) is 48.3 Å². The van der Waals surface area contributed by atoms with Crippen molar-refractivity contribution in [3.63, 3.8) is 0 Å². The third-order valence-corrected chi connectivity index (χ3v) is 7.58. The Morgan fingerprint density at radius 1 is 0.970 bits per heavy atom. The van der Waals surface area contributed by atoms with E-state index in [-0.39, 0.29) is 9.80 Å². The molecule has 4 rings (SSSR count). The van der Waals surface area contributed by atoms with Crippen LogP contribution in [0.5, 0.6) is 5.75 Å². The molecule has 4 nitrogen and oxygen atoms in total. The number of aryl methyl sites for hydroxylation is 1. The zero-order valence-electron chi connectivity index (χ0n) is 18.7. The molecule has 0 spiro atoms. The van der Waals surface area contributed by atoms with E-state index >= 15 is 0 Å². The van der Waals surface area contributed by atoms with Crippen molar-refractivity contribution in [2.24, 2.45) is 0 Å². The highest BCUT2D eigenvalue weighted by Gasteiger charge is 2.20. The van der Waals surface area contributed by atoms with E-state index in [2.05, 4.69) is 4.57 Å². The molecule has 0 atom stereocenters. The fraction of sp³-hybridized carbons (Fsp3) is 0.111. The van der Waals surface area contributed by atoms with E-state index in [0.717, 1.165) is 33.5 Å². The smallest absolute Gasteiger partial charge is 0.206 e.